The Balaban J connectivity index is 2.11. The van der Waals surface area contributed by atoms with Crippen molar-refractivity contribution in [3.63, 3.8) is 0 Å². The zero-order chi connectivity index (χ0) is 11.8. The average molecular weight is 228 g/mol. The van der Waals surface area contributed by atoms with E-state index in [4.69, 9.17) is 9.47 Å². The summed E-state index contributed by atoms with van der Waals surface area (Å²) in [7, 11) is 0. The minimum Gasteiger partial charge on any atom is -0.466 e. The summed E-state index contributed by atoms with van der Waals surface area (Å²) < 4.78 is 9.97. The van der Waals surface area contributed by atoms with Crippen molar-refractivity contribution in [1.29, 1.82) is 0 Å². The molecule has 0 spiro atoms. The third kappa shape index (κ3) is 5.26. The molecule has 1 aliphatic rings. The van der Waals surface area contributed by atoms with Crippen molar-refractivity contribution in [2.24, 2.45) is 5.92 Å². The van der Waals surface area contributed by atoms with Gasteiger partial charge in [0.05, 0.1) is 6.61 Å². The van der Waals surface area contributed by atoms with Crippen LogP contribution in [0.2, 0.25) is 0 Å². The molecule has 0 radical (unpaired) electrons. The van der Waals surface area contributed by atoms with Gasteiger partial charge < -0.3 is 9.47 Å². The molecule has 92 valence electrons. The number of ether oxygens (including phenoxy) is 2. The van der Waals surface area contributed by atoms with Crippen LogP contribution in [-0.4, -0.2) is 31.6 Å². The topological polar surface area (TPSA) is 52.6 Å². The van der Waals surface area contributed by atoms with E-state index >= 15 is 0 Å². The molecule has 0 aromatic heterocycles. The van der Waals surface area contributed by atoms with Crippen LogP contribution in [-0.2, 0) is 19.1 Å². The summed E-state index contributed by atoms with van der Waals surface area (Å²) >= 11 is 0. The van der Waals surface area contributed by atoms with E-state index in [1.54, 1.807) is 6.92 Å². The van der Waals surface area contributed by atoms with E-state index in [0.717, 1.165) is 32.5 Å². The van der Waals surface area contributed by atoms with E-state index in [1.165, 1.54) is 0 Å². The number of carbonyl (C=O) groups excluding carboxylic acids is 2. The molecule has 0 aromatic rings. The fraction of sp³-hybridized carbons (Fsp3) is 0.833. The monoisotopic (exact) mass is 228 g/mol. The van der Waals surface area contributed by atoms with Gasteiger partial charge in [0.2, 0.25) is 0 Å². The molecule has 0 aliphatic carbocycles. The second-order valence-corrected chi connectivity index (χ2v) is 4.11. The molecule has 0 bridgehead atoms. The molecular weight excluding hydrogens is 208 g/mol. The average Bonchev–Trinajstić information content (AvgIpc) is 2.28. The third-order valence-corrected chi connectivity index (χ3v) is 2.82. The quantitative estimate of drug-likeness (QED) is 0.513. The number of hydrogen-bond donors (Lipinski definition) is 0. The summed E-state index contributed by atoms with van der Waals surface area (Å²) in [6, 6.07) is 0. The molecular formula is C12H20O4. The molecule has 1 aliphatic heterocycles. The second kappa shape index (κ2) is 7.39. The van der Waals surface area contributed by atoms with E-state index < -0.39 is 5.97 Å². The molecule has 16 heavy (non-hydrogen) atoms. The predicted molar refractivity (Wildman–Crippen MR) is 59.0 cm³/mol. The van der Waals surface area contributed by atoms with Gasteiger partial charge in [-0.2, -0.15) is 0 Å². The number of Topliss-reactive ketones (excluding diaryl/α,β-unsaturated/α-hetero) is 1. The van der Waals surface area contributed by atoms with Crippen LogP contribution in [0.15, 0.2) is 0 Å². The number of esters is 1. The molecule has 1 rings (SSSR count). The lowest BCUT2D eigenvalue weighted by molar-refractivity contribution is -0.145. The van der Waals surface area contributed by atoms with Gasteiger partial charge in [-0.1, -0.05) is 0 Å². The molecule has 0 unspecified atom stereocenters. The first-order valence-corrected chi connectivity index (χ1v) is 5.97. The SMILES string of the molecule is CCOC(=O)CC(=O)CCC1CCOCC1. The van der Waals surface area contributed by atoms with E-state index in [9.17, 15) is 9.59 Å². The standard InChI is InChI=1S/C12H20O4/c1-2-16-12(14)9-11(13)4-3-10-5-7-15-8-6-10/h10H,2-9H2,1H3. The fourth-order valence-corrected chi connectivity index (χ4v) is 1.86. The van der Waals surface area contributed by atoms with Gasteiger partial charge in [0.15, 0.2) is 0 Å². The van der Waals surface area contributed by atoms with Crippen LogP contribution in [0.25, 0.3) is 0 Å². The summed E-state index contributed by atoms with van der Waals surface area (Å²) in [4.78, 5) is 22.5. The maximum atomic E-state index is 11.4. The number of ketones is 1. The molecule has 0 aromatic carbocycles. The first kappa shape index (κ1) is 13.2. The Morgan fingerprint density at radius 3 is 2.62 bits per heavy atom. The van der Waals surface area contributed by atoms with Crippen molar-refractivity contribution in [2.45, 2.75) is 39.0 Å². The van der Waals surface area contributed by atoms with E-state index in [-0.39, 0.29) is 12.2 Å². The third-order valence-electron chi connectivity index (χ3n) is 2.82. The van der Waals surface area contributed by atoms with E-state index in [1.807, 2.05) is 0 Å². The van der Waals surface area contributed by atoms with Crippen molar-refractivity contribution < 1.29 is 19.1 Å². The molecule has 4 heteroatoms. The number of rotatable bonds is 6. The maximum absolute atomic E-state index is 11.4. The van der Waals surface area contributed by atoms with Gasteiger partial charge in [0, 0.05) is 19.6 Å². The van der Waals surface area contributed by atoms with E-state index in [0.29, 0.717) is 18.9 Å². The van der Waals surface area contributed by atoms with Crippen molar-refractivity contribution in [1.82, 2.24) is 0 Å². The molecule has 1 fully saturated rings. The highest BCUT2D eigenvalue weighted by molar-refractivity contribution is 5.95. The predicted octanol–water partition coefficient (Wildman–Crippen LogP) is 1.72. The highest BCUT2D eigenvalue weighted by Gasteiger charge is 2.16. The van der Waals surface area contributed by atoms with Gasteiger partial charge in [0.1, 0.15) is 12.2 Å². The summed E-state index contributed by atoms with van der Waals surface area (Å²) in [5, 5.41) is 0. The largest absolute Gasteiger partial charge is 0.466 e. The van der Waals surface area contributed by atoms with E-state index in [2.05, 4.69) is 0 Å². The maximum Gasteiger partial charge on any atom is 0.313 e. The molecule has 1 saturated heterocycles. The van der Waals surface area contributed by atoms with Crippen LogP contribution in [0.1, 0.15) is 39.0 Å². The number of carbonyl (C=O) groups is 2. The minimum atomic E-state index is -0.403. The Bertz CT molecular complexity index is 231. The first-order valence-electron chi connectivity index (χ1n) is 5.97. The van der Waals surface area contributed by atoms with Crippen molar-refractivity contribution in [3.8, 4) is 0 Å². The Labute approximate surface area is 96.3 Å². The van der Waals surface area contributed by atoms with Gasteiger partial charge in [-0.25, -0.2) is 0 Å². The van der Waals surface area contributed by atoms with Gasteiger partial charge >= 0.3 is 5.97 Å². The van der Waals surface area contributed by atoms with Crippen LogP contribution in [0.4, 0.5) is 0 Å². The Kier molecular flexibility index (Phi) is 6.08. The first-order chi connectivity index (χ1) is 7.72. The lowest BCUT2D eigenvalue weighted by Gasteiger charge is -2.21. The fourth-order valence-electron chi connectivity index (χ4n) is 1.86. The Hall–Kier alpha value is -0.900. The van der Waals surface area contributed by atoms with Crippen molar-refractivity contribution in [2.75, 3.05) is 19.8 Å². The highest BCUT2D eigenvalue weighted by Crippen LogP contribution is 2.20. The minimum absolute atomic E-state index is 0.00931. The van der Waals surface area contributed by atoms with Gasteiger partial charge in [-0.05, 0) is 32.1 Å². The second-order valence-electron chi connectivity index (χ2n) is 4.11. The van der Waals surface area contributed by atoms with Gasteiger partial charge in [-0.3, -0.25) is 9.59 Å². The summed E-state index contributed by atoms with van der Waals surface area (Å²) in [5.41, 5.74) is 0. The molecule has 0 N–H and O–H groups in total. The summed E-state index contributed by atoms with van der Waals surface area (Å²) in [6.07, 6.45) is 3.36. The van der Waals surface area contributed by atoms with Gasteiger partial charge in [0.25, 0.3) is 0 Å². The van der Waals surface area contributed by atoms with Gasteiger partial charge in [-0.15, -0.1) is 0 Å². The lowest BCUT2D eigenvalue weighted by atomic mass is 9.93. The molecule has 0 atom stereocenters. The van der Waals surface area contributed by atoms with Crippen molar-refractivity contribution >= 4 is 11.8 Å². The van der Waals surface area contributed by atoms with Crippen LogP contribution in [0.5, 0.6) is 0 Å². The zero-order valence-corrected chi connectivity index (χ0v) is 9.87. The highest BCUT2D eigenvalue weighted by atomic mass is 16.5. The molecule has 0 amide bonds. The number of hydrogen-bond acceptors (Lipinski definition) is 4. The van der Waals surface area contributed by atoms with Crippen molar-refractivity contribution in [3.05, 3.63) is 0 Å². The van der Waals surface area contributed by atoms with Crippen LogP contribution < -0.4 is 0 Å². The summed E-state index contributed by atoms with van der Waals surface area (Å²) in [5.74, 6) is 0.171. The summed E-state index contributed by atoms with van der Waals surface area (Å²) in [6.45, 7) is 3.68. The Morgan fingerprint density at radius 1 is 1.31 bits per heavy atom. The lowest BCUT2D eigenvalue weighted by Crippen LogP contribution is -2.17. The Morgan fingerprint density at radius 2 is 2.00 bits per heavy atom. The molecule has 4 nitrogen and oxygen atoms in total. The smallest absolute Gasteiger partial charge is 0.313 e. The van der Waals surface area contributed by atoms with Crippen LogP contribution in [0, 0.1) is 5.92 Å². The molecule has 0 saturated carbocycles. The van der Waals surface area contributed by atoms with Crippen LogP contribution in [0.3, 0.4) is 0 Å². The normalized spacial score (nSPS) is 17.1. The zero-order valence-electron chi connectivity index (χ0n) is 9.87. The van der Waals surface area contributed by atoms with Crippen LogP contribution >= 0.6 is 0 Å². The molecule has 1 heterocycles.